The van der Waals surface area contributed by atoms with Gasteiger partial charge >= 0.3 is 0 Å². The first-order valence-corrected chi connectivity index (χ1v) is 4.38. The molecule has 1 N–H and O–H groups in total. The number of aromatic nitrogens is 1. The van der Waals surface area contributed by atoms with Crippen molar-refractivity contribution in [3.05, 3.63) is 33.9 Å². The molecule has 1 aromatic carbocycles. The van der Waals surface area contributed by atoms with Gasteiger partial charge in [0.1, 0.15) is 4.60 Å². The summed E-state index contributed by atoms with van der Waals surface area (Å²) in [6, 6.07) is 7.92. The summed E-state index contributed by atoms with van der Waals surface area (Å²) in [5.41, 5.74) is 1.06. The molecule has 0 radical (unpaired) electrons. The summed E-state index contributed by atoms with van der Waals surface area (Å²) < 4.78 is 0.848. The molecule has 2 aromatic rings. The monoisotopic (exact) mass is 229 g/mol. The quantitative estimate of drug-likeness (QED) is 0.712. The lowest BCUT2D eigenvalue weighted by molar-refractivity contribution is 1.41. The van der Waals surface area contributed by atoms with Gasteiger partial charge in [-0.3, -0.25) is 0 Å². The number of fused-ring (bicyclic) bond motifs is 1. The van der Waals surface area contributed by atoms with Crippen LogP contribution in [0.5, 0.6) is 0 Å². The Morgan fingerprint density at radius 1 is 1.27 bits per heavy atom. The number of halogens is 2. The third kappa shape index (κ3) is 1.06. The number of nitrogens with one attached hydrogen (secondary N) is 1. The molecule has 3 heteroatoms. The molecule has 0 fully saturated rings. The molecule has 11 heavy (non-hydrogen) atoms. The molecule has 1 nitrogen and oxygen atoms in total. The Morgan fingerprint density at radius 3 is 2.73 bits per heavy atom. The third-order valence-corrected chi connectivity index (χ3v) is 2.82. The predicted molar refractivity (Wildman–Crippen MR) is 51.0 cm³/mol. The Balaban J connectivity index is 2.92. The van der Waals surface area contributed by atoms with Crippen molar-refractivity contribution in [1.29, 1.82) is 0 Å². The highest BCUT2D eigenvalue weighted by Crippen LogP contribution is 2.30. The Hall–Kier alpha value is -0.470. The summed E-state index contributed by atoms with van der Waals surface area (Å²) in [6.07, 6.45) is 0. The number of hydrogen-bond donors (Lipinski definition) is 1. The Labute approximate surface area is 77.5 Å². The molecule has 0 aliphatic rings. The lowest BCUT2D eigenvalue weighted by Gasteiger charge is -1.85. The topological polar surface area (TPSA) is 15.8 Å². The first-order valence-electron chi connectivity index (χ1n) is 3.21. The number of benzene rings is 1. The molecule has 0 unspecified atom stereocenters. The van der Waals surface area contributed by atoms with Crippen LogP contribution < -0.4 is 0 Å². The van der Waals surface area contributed by atoms with Crippen molar-refractivity contribution in [2.24, 2.45) is 0 Å². The summed E-state index contributed by atoms with van der Waals surface area (Å²) in [6.45, 7) is 0. The maximum Gasteiger partial charge on any atom is 0.102 e. The van der Waals surface area contributed by atoms with Gasteiger partial charge in [-0.05, 0) is 22.0 Å². The smallest absolute Gasteiger partial charge is 0.102 e. The van der Waals surface area contributed by atoms with E-state index in [1.54, 1.807) is 0 Å². The number of rotatable bonds is 0. The van der Waals surface area contributed by atoms with Gasteiger partial charge in [0.15, 0.2) is 0 Å². The molecule has 1 heterocycles. The first-order chi connectivity index (χ1) is 5.29. The summed E-state index contributed by atoms with van der Waals surface area (Å²) in [4.78, 5) is 3.11. The Kier molecular flexibility index (Phi) is 1.66. The van der Waals surface area contributed by atoms with Gasteiger partial charge < -0.3 is 4.98 Å². The van der Waals surface area contributed by atoms with Gasteiger partial charge in [0.2, 0.25) is 0 Å². The zero-order chi connectivity index (χ0) is 7.84. The zero-order valence-electron chi connectivity index (χ0n) is 5.57. The number of H-pyrrole nitrogens is 1. The fourth-order valence-electron chi connectivity index (χ4n) is 1.07. The van der Waals surface area contributed by atoms with Crippen molar-refractivity contribution >= 4 is 38.4 Å². The van der Waals surface area contributed by atoms with E-state index in [1.165, 1.54) is 0 Å². The minimum atomic E-state index is 0.751. The molecule has 0 saturated carbocycles. The molecule has 0 saturated heterocycles. The number of aromatic amines is 1. The minimum Gasteiger partial charge on any atom is -0.348 e. The van der Waals surface area contributed by atoms with E-state index in [4.69, 9.17) is 11.6 Å². The van der Waals surface area contributed by atoms with E-state index in [9.17, 15) is 0 Å². The molecule has 0 aliphatic heterocycles. The molecule has 0 atom stereocenters. The maximum absolute atomic E-state index is 5.96. The van der Waals surface area contributed by atoms with Gasteiger partial charge in [0.05, 0.1) is 5.02 Å². The van der Waals surface area contributed by atoms with Crippen LogP contribution in [0, 0.1) is 0 Å². The lowest BCUT2D eigenvalue weighted by Crippen LogP contribution is -1.63. The van der Waals surface area contributed by atoms with E-state index in [0.29, 0.717) is 0 Å². The molecule has 0 amide bonds. The predicted octanol–water partition coefficient (Wildman–Crippen LogP) is 3.58. The van der Waals surface area contributed by atoms with Crippen molar-refractivity contribution in [3.8, 4) is 0 Å². The van der Waals surface area contributed by atoms with Crippen molar-refractivity contribution in [2.45, 2.75) is 0 Å². The van der Waals surface area contributed by atoms with E-state index in [1.807, 2.05) is 24.3 Å². The van der Waals surface area contributed by atoms with Gasteiger partial charge in [-0.15, -0.1) is 0 Å². The van der Waals surface area contributed by atoms with Crippen LogP contribution >= 0.6 is 27.5 Å². The van der Waals surface area contributed by atoms with E-state index in [-0.39, 0.29) is 0 Å². The molecular formula is C8H5BrClN. The van der Waals surface area contributed by atoms with Gasteiger partial charge in [0, 0.05) is 10.9 Å². The molecule has 1 aromatic heterocycles. The molecular weight excluding hydrogens is 225 g/mol. The van der Waals surface area contributed by atoms with Gasteiger partial charge in [-0.25, -0.2) is 0 Å². The van der Waals surface area contributed by atoms with Gasteiger partial charge in [0.25, 0.3) is 0 Å². The molecule has 0 aliphatic carbocycles. The van der Waals surface area contributed by atoms with Gasteiger partial charge in [-0.2, -0.15) is 0 Å². The van der Waals surface area contributed by atoms with Crippen LogP contribution in [-0.4, -0.2) is 4.98 Å². The second-order valence-electron chi connectivity index (χ2n) is 2.30. The van der Waals surface area contributed by atoms with Crippen LogP contribution in [-0.2, 0) is 0 Å². The van der Waals surface area contributed by atoms with Crippen LogP contribution in [0.1, 0.15) is 0 Å². The average Bonchev–Trinajstić information content (AvgIpc) is 2.30. The standard InChI is InChI=1S/C8H5BrClN/c9-8-7(10)5-3-1-2-4-6(5)11-8/h1-4,11H. The summed E-state index contributed by atoms with van der Waals surface area (Å²) >= 11 is 9.28. The first kappa shape index (κ1) is 7.19. The number of hydrogen-bond acceptors (Lipinski definition) is 0. The SMILES string of the molecule is Clc1c(Br)[nH]c2ccccc12. The highest BCUT2D eigenvalue weighted by molar-refractivity contribution is 9.10. The van der Waals surface area contributed by atoms with Crippen LogP contribution in [0.3, 0.4) is 0 Å². The summed E-state index contributed by atoms with van der Waals surface area (Å²) in [5.74, 6) is 0. The van der Waals surface area contributed by atoms with E-state index < -0.39 is 0 Å². The molecule has 56 valence electrons. The van der Waals surface area contributed by atoms with Crippen LogP contribution in [0.4, 0.5) is 0 Å². The van der Waals surface area contributed by atoms with Gasteiger partial charge in [-0.1, -0.05) is 29.8 Å². The molecule has 0 bridgehead atoms. The fourth-order valence-corrected chi connectivity index (χ4v) is 1.71. The minimum absolute atomic E-state index is 0.751. The Bertz CT molecular complexity index is 394. The fraction of sp³-hybridized carbons (Fsp3) is 0. The van der Waals surface area contributed by atoms with Crippen molar-refractivity contribution in [1.82, 2.24) is 4.98 Å². The van der Waals surface area contributed by atoms with Crippen LogP contribution in [0.2, 0.25) is 5.02 Å². The van der Waals surface area contributed by atoms with E-state index in [2.05, 4.69) is 20.9 Å². The maximum atomic E-state index is 5.96. The summed E-state index contributed by atoms with van der Waals surface area (Å²) in [7, 11) is 0. The normalized spacial score (nSPS) is 10.7. The zero-order valence-corrected chi connectivity index (χ0v) is 7.91. The second kappa shape index (κ2) is 2.54. The summed E-state index contributed by atoms with van der Waals surface area (Å²) in [5, 5.41) is 1.81. The largest absolute Gasteiger partial charge is 0.348 e. The van der Waals surface area contributed by atoms with E-state index in [0.717, 1.165) is 20.5 Å². The second-order valence-corrected chi connectivity index (χ2v) is 3.47. The van der Waals surface area contributed by atoms with Crippen LogP contribution in [0.25, 0.3) is 10.9 Å². The van der Waals surface area contributed by atoms with Crippen LogP contribution in [0.15, 0.2) is 28.9 Å². The number of para-hydroxylation sites is 1. The van der Waals surface area contributed by atoms with E-state index >= 15 is 0 Å². The average molecular weight is 230 g/mol. The van der Waals surface area contributed by atoms with Crippen molar-refractivity contribution < 1.29 is 0 Å². The molecule has 0 spiro atoms. The lowest BCUT2D eigenvalue weighted by atomic mass is 10.3. The van der Waals surface area contributed by atoms with Crippen molar-refractivity contribution in [2.75, 3.05) is 0 Å². The third-order valence-electron chi connectivity index (χ3n) is 1.60. The highest BCUT2D eigenvalue weighted by Gasteiger charge is 2.04. The van der Waals surface area contributed by atoms with Crippen molar-refractivity contribution in [3.63, 3.8) is 0 Å². The Morgan fingerprint density at radius 2 is 2.00 bits per heavy atom. The molecule has 2 rings (SSSR count). The highest BCUT2D eigenvalue weighted by atomic mass is 79.9.